The van der Waals surface area contributed by atoms with E-state index >= 15 is 0 Å². The standard InChI is InChI=1S/C27H23Cl2N5O3/c1-15-23(26(35)31-20-9-5-7-11-22(20)37-3)24(17-8-4-6-10-21(17)36-2)34-27(30-15)32-25(33-34)16-12-13-18(28)19(29)14-16/h4-14,24H,1-3H3,(H,31,35)(H,30,32,33). The van der Waals surface area contributed by atoms with Crippen molar-refractivity contribution in [3.63, 3.8) is 0 Å². The van der Waals surface area contributed by atoms with Gasteiger partial charge in [0.25, 0.3) is 5.91 Å². The van der Waals surface area contributed by atoms with Crippen molar-refractivity contribution in [2.45, 2.75) is 13.0 Å². The number of methoxy groups -OCH3 is 2. The predicted molar refractivity (Wildman–Crippen MR) is 145 cm³/mol. The van der Waals surface area contributed by atoms with E-state index in [1.54, 1.807) is 49.2 Å². The Hall–Kier alpha value is -4.01. The van der Waals surface area contributed by atoms with Crippen LogP contribution in [0.1, 0.15) is 18.5 Å². The summed E-state index contributed by atoms with van der Waals surface area (Å²) in [5.41, 5.74) is 3.07. The normalized spacial score (nSPS) is 14.6. The number of benzene rings is 3. The van der Waals surface area contributed by atoms with E-state index in [4.69, 9.17) is 42.8 Å². The van der Waals surface area contributed by atoms with Gasteiger partial charge in [-0.05, 0) is 43.3 Å². The van der Waals surface area contributed by atoms with Crippen LogP contribution in [0, 0.1) is 0 Å². The molecule has 3 aromatic carbocycles. The first kappa shape index (κ1) is 24.7. The lowest BCUT2D eigenvalue weighted by Gasteiger charge is -2.29. The number of aromatic nitrogens is 3. The molecule has 2 heterocycles. The van der Waals surface area contributed by atoms with Crippen LogP contribution in [0.2, 0.25) is 10.0 Å². The van der Waals surface area contributed by atoms with Gasteiger partial charge in [0.1, 0.15) is 17.5 Å². The van der Waals surface area contributed by atoms with Crippen LogP contribution in [0.3, 0.4) is 0 Å². The van der Waals surface area contributed by atoms with E-state index in [0.29, 0.717) is 55.8 Å². The molecule has 2 N–H and O–H groups in total. The molecule has 10 heteroatoms. The number of nitrogens with one attached hydrogen (secondary N) is 2. The summed E-state index contributed by atoms with van der Waals surface area (Å²) in [6.07, 6.45) is 0. The van der Waals surface area contributed by atoms with Crippen LogP contribution in [0.4, 0.5) is 11.6 Å². The molecule has 1 aliphatic rings. The largest absolute Gasteiger partial charge is 0.496 e. The average Bonchev–Trinajstić information content (AvgIpc) is 3.33. The maximum atomic E-state index is 13.8. The maximum absolute atomic E-state index is 13.8. The minimum absolute atomic E-state index is 0.317. The zero-order chi connectivity index (χ0) is 26.1. The number of halogens is 2. The van der Waals surface area contributed by atoms with Crippen molar-refractivity contribution in [3.8, 4) is 22.9 Å². The van der Waals surface area contributed by atoms with Gasteiger partial charge in [0.05, 0.1) is 35.5 Å². The smallest absolute Gasteiger partial charge is 0.255 e. The first-order valence-electron chi connectivity index (χ1n) is 11.4. The number of allylic oxidation sites excluding steroid dienone is 1. The number of anilines is 2. The lowest BCUT2D eigenvalue weighted by Crippen LogP contribution is -2.31. The van der Waals surface area contributed by atoms with Gasteiger partial charge in [0, 0.05) is 16.8 Å². The number of nitrogens with zero attached hydrogens (tertiary/aromatic N) is 3. The van der Waals surface area contributed by atoms with E-state index in [1.165, 1.54) is 0 Å². The topological polar surface area (TPSA) is 90.3 Å². The Kier molecular flexibility index (Phi) is 6.78. The molecule has 1 atom stereocenters. The third kappa shape index (κ3) is 4.61. The number of fused-ring (bicyclic) bond motifs is 1. The van der Waals surface area contributed by atoms with E-state index in [-0.39, 0.29) is 5.91 Å². The molecular weight excluding hydrogens is 513 g/mol. The highest BCUT2D eigenvalue weighted by molar-refractivity contribution is 6.42. The van der Waals surface area contributed by atoms with Gasteiger partial charge in [-0.1, -0.05) is 53.5 Å². The highest BCUT2D eigenvalue weighted by Crippen LogP contribution is 2.41. The van der Waals surface area contributed by atoms with Gasteiger partial charge >= 0.3 is 0 Å². The molecule has 5 rings (SSSR count). The van der Waals surface area contributed by atoms with Gasteiger partial charge in [-0.15, -0.1) is 5.10 Å². The molecule has 1 amide bonds. The molecule has 1 unspecified atom stereocenters. The van der Waals surface area contributed by atoms with Crippen LogP contribution in [0.5, 0.6) is 11.5 Å². The molecule has 0 aliphatic carbocycles. The highest BCUT2D eigenvalue weighted by atomic mass is 35.5. The van der Waals surface area contributed by atoms with E-state index in [0.717, 1.165) is 5.56 Å². The number of rotatable bonds is 6. The SMILES string of the molecule is COc1ccccc1NC(=O)C1=C(C)Nc2nc(-c3ccc(Cl)c(Cl)c3)nn2C1c1ccccc1OC. The van der Waals surface area contributed by atoms with E-state index in [1.807, 2.05) is 43.3 Å². The van der Waals surface area contributed by atoms with Crippen LogP contribution >= 0.6 is 23.2 Å². The molecule has 1 aromatic heterocycles. The number of ether oxygens (including phenoxy) is 2. The summed E-state index contributed by atoms with van der Waals surface area (Å²) in [6.45, 7) is 1.83. The number of carbonyl (C=O) groups is 1. The van der Waals surface area contributed by atoms with Crippen LogP contribution in [0.25, 0.3) is 11.4 Å². The average molecular weight is 536 g/mol. The highest BCUT2D eigenvalue weighted by Gasteiger charge is 2.36. The van der Waals surface area contributed by atoms with Gasteiger partial charge in [0.15, 0.2) is 5.82 Å². The fourth-order valence-electron chi connectivity index (χ4n) is 4.32. The number of hydrogen-bond acceptors (Lipinski definition) is 6. The van der Waals surface area contributed by atoms with Crippen molar-refractivity contribution < 1.29 is 14.3 Å². The van der Waals surface area contributed by atoms with E-state index in [2.05, 4.69) is 10.6 Å². The molecule has 8 nitrogen and oxygen atoms in total. The molecular formula is C27H23Cl2N5O3. The zero-order valence-corrected chi connectivity index (χ0v) is 21.8. The van der Waals surface area contributed by atoms with Crippen molar-refractivity contribution in [1.29, 1.82) is 0 Å². The molecule has 0 radical (unpaired) electrons. The molecule has 1 aliphatic heterocycles. The maximum Gasteiger partial charge on any atom is 0.255 e. The second kappa shape index (κ2) is 10.2. The molecule has 37 heavy (non-hydrogen) atoms. The molecule has 0 fully saturated rings. The lowest BCUT2D eigenvalue weighted by atomic mass is 9.94. The Morgan fingerprint density at radius 3 is 2.41 bits per heavy atom. The molecule has 0 saturated carbocycles. The van der Waals surface area contributed by atoms with E-state index < -0.39 is 6.04 Å². The Morgan fingerprint density at radius 1 is 0.973 bits per heavy atom. The Bertz CT molecular complexity index is 1530. The van der Waals surface area contributed by atoms with Crippen LogP contribution < -0.4 is 20.1 Å². The number of para-hydroxylation sites is 3. The summed E-state index contributed by atoms with van der Waals surface area (Å²) >= 11 is 12.3. The molecule has 4 aromatic rings. The fourth-order valence-corrected chi connectivity index (χ4v) is 4.62. The molecule has 0 spiro atoms. The first-order valence-corrected chi connectivity index (χ1v) is 12.1. The minimum Gasteiger partial charge on any atom is -0.496 e. The van der Waals surface area contributed by atoms with Gasteiger partial charge in [-0.2, -0.15) is 4.98 Å². The first-order chi connectivity index (χ1) is 17.9. The Balaban J connectivity index is 1.63. The second-order valence-corrected chi connectivity index (χ2v) is 9.11. The summed E-state index contributed by atoms with van der Waals surface area (Å²) in [6, 6.07) is 19.3. The van der Waals surface area contributed by atoms with Crippen molar-refractivity contribution in [2.24, 2.45) is 0 Å². The predicted octanol–water partition coefficient (Wildman–Crippen LogP) is 6.20. The minimum atomic E-state index is -0.633. The van der Waals surface area contributed by atoms with Gasteiger partial charge < -0.3 is 20.1 Å². The second-order valence-electron chi connectivity index (χ2n) is 8.30. The number of carbonyl (C=O) groups excluding carboxylic acids is 1. The van der Waals surface area contributed by atoms with Crippen molar-refractivity contribution in [3.05, 3.63) is 93.6 Å². The van der Waals surface area contributed by atoms with Crippen molar-refractivity contribution >= 4 is 40.7 Å². The van der Waals surface area contributed by atoms with Crippen LogP contribution in [0.15, 0.2) is 78.0 Å². The van der Waals surface area contributed by atoms with Crippen molar-refractivity contribution in [1.82, 2.24) is 14.8 Å². The number of hydrogen-bond donors (Lipinski definition) is 2. The summed E-state index contributed by atoms with van der Waals surface area (Å²) in [5, 5.41) is 11.8. The quantitative estimate of drug-likeness (QED) is 0.305. The van der Waals surface area contributed by atoms with Gasteiger partial charge in [-0.3, -0.25) is 4.79 Å². The molecule has 0 saturated heterocycles. The monoisotopic (exact) mass is 535 g/mol. The third-order valence-corrected chi connectivity index (χ3v) is 6.80. The summed E-state index contributed by atoms with van der Waals surface area (Å²) in [7, 11) is 3.15. The molecule has 188 valence electrons. The van der Waals surface area contributed by atoms with Crippen molar-refractivity contribution in [2.75, 3.05) is 24.9 Å². The van der Waals surface area contributed by atoms with Crippen LogP contribution in [-0.2, 0) is 4.79 Å². The Morgan fingerprint density at radius 2 is 1.68 bits per heavy atom. The fraction of sp³-hybridized carbons (Fsp3) is 0.148. The molecule has 0 bridgehead atoms. The van der Waals surface area contributed by atoms with Gasteiger partial charge in [0.2, 0.25) is 5.95 Å². The van der Waals surface area contributed by atoms with E-state index in [9.17, 15) is 4.79 Å². The van der Waals surface area contributed by atoms with Gasteiger partial charge in [-0.25, -0.2) is 4.68 Å². The lowest BCUT2D eigenvalue weighted by molar-refractivity contribution is -0.113. The summed E-state index contributed by atoms with van der Waals surface area (Å²) < 4.78 is 12.8. The Labute approximate surface area is 223 Å². The van der Waals surface area contributed by atoms with Crippen LogP contribution in [-0.4, -0.2) is 34.9 Å². The summed E-state index contributed by atoms with van der Waals surface area (Å²) in [4.78, 5) is 18.5. The number of amides is 1. The zero-order valence-electron chi connectivity index (χ0n) is 20.3. The third-order valence-electron chi connectivity index (χ3n) is 6.06. The summed E-state index contributed by atoms with van der Waals surface area (Å²) in [5.74, 6) is 1.75.